The SMILES string of the molecule is COc1nc(-c2cccc(-c3cccc(Nc4nc(C(F)F)nc5c4c(=O)n(C)c(=O)n5C)c3C)c2Cl)cc2c1[C@@H](N[C@H]1CCOC[C@H]1O)CC2. The standard InChI is InChI=1S/C36H36ClF2N7O5/c1-17-19(7-6-10-22(17)41-31-28-33(44-32(43-31)30(38)39)45(2)36(49)46(3)35(28)48)20-8-5-9-21(29(20)37)25-15-18-11-12-24(27(18)34(42-25)50-4)40-23-13-14-51-16-26(23)47/h5-10,15,23-24,26,30,40,47H,11-14,16H2,1-4H3,(H,41,43,44)/t23-,24-,26+/m0/s1. The van der Waals surface area contributed by atoms with E-state index in [4.69, 9.17) is 26.1 Å². The van der Waals surface area contributed by atoms with Crippen LogP contribution in [-0.2, 0) is 25.3 Å². The van der Waals surface area contributed by atoms with Gasteiger partial charge in [-0.25, -0.2) is 28.5 Å². The second-order valence-corrected chi connectivity index (χ2v) is 13.2. The molecule has 2 aliphatic rings. The molecule has 0 bridgehead atoms. The number of methoxy groups -OCH3 is 1. The smallest absolute Gasteiger partial charge is 0.332 e. The zero-order chi connectivity index (χ0) is 36.1. The minimum absolute atomic E-state index is 0.0252. The molecule has 3 N–H and O–H groups in total. The van der Waals surface area contributed by atoms with Gasteiger partial charge in [-0.3, -0.25) is 13.9 Å². The van der Waals surface area contributed by atoms with Crippen molar-refractivity contribution in [2.75, 3.05) is 25.6 Å². The zero-order valence-electron chi connectivity index (χ0n) is 28.3. The van der Waals surface area contributed by atoms with Crippen LogP contribution in [0.5, 0.6) is 5.88 Å². The van der Waals surface area contributed by atoms with E-state index >= 15 is 0 Å². The Hall–Kier alpha value is -4.76. The van der Waals surface area contributed by atoms with Crippen LogP contribution in [-0.4, -0.2) is 61.7 Å². The highest BCUT2D eigenvalue weighted by atomic mass is 35.5. The van der Waals surface area contributed by atoms with Gasteiger partial charge in [0.05, 0.1) is 30.5 Å². The molecule has 1 aliphatic carbocycles. The molecule has 7 rings (SSSR count). The van der Waals surface area contributed by atoms with Crippen molar-refractivity contribution in [3.63, 3.8) is 0 Å². The summed E-state index contributed by atoms with van der Waals surface area (Å²) in [6, 6.07) is 13.0. The number of anilines is 2. The molecule has 0 unspecified atom stereocenters. The molecule has 5 aromatic rings. The Kier molecular flexibility index (Phi) is 9.35. The normalized spacial score (nSPS) is 18.7. The van der Waals surface area contributed by atoms with Gasteiger partial charge in [-0.15, -0.1) is 0 Å². The number of hydrogen-bond acceptors (Lipinski definition) is 10. The molecule has 1 fully saturated rings. The number of aliphatic hydroxyl groups is 1. The Labute approximate surface area is 296 Å². The van der Waals surface area contributed by atoms with Crippen molar-refractivity contribution >= 4 is 34.1 Å². The predicted molar refractivity (Wildman–Crippen MR) is 189 cm³/mol. The molecule has 15 heteroatoms. The maximum Gasteiger partial charge on any atom is 0.332 e. The first-order chi connectivity index (χ1) is 24.5. The summed E-state index contributed by atoms with van der Waals surface area (Å²) in [7, 11) is 4.25. The van der Waals surface area contributed by atoms with Crippen molar-refractivity contribution in [2.45, 2.75) is 50.8 Å². The van der Waals surface area contributed by atoms with Crippen LogP contribution in [0.3, 0.4) is 0 Å². The largest absolute Gasteiger partial charge is 0.481 e. The Morgan fingerprint density at radius 2 is 1.78 bits per heavy atom. The quantitative estimate of drug-likeness (QED) is 0.197. The minimum Gasteiger partial charge on any atom is -0.481 e. The topological polar surface area (TPSA) is 145 Å². The summed E-state index contributed by atoms with van der Waals surface area (Å²) < 4.78 is 40.9. The molecule has 3 atom stereocenters. The number of pyridine rings is 1. The van der Waals surface area contributed by atoms with Crippen molar-refractivity contribution in [3.8, 4) is 28.3 Å². The molecular formula is C36H36ClF2N7O5. The first-order valence-corrected chi connectivity index (χ1v) is 16.9. The summed E-state index contributed by atoms with van der Waals surface area (Å²) in [6.45, 7) is 2.73. The number of nitrogens with one attached hydrogen (secondary N) is 2. The Balaban J connectivity index is 1.26. The molecule has 51 heavy (non-hydrogen) atoms. The molecule has 0 saturated carbocycles. The molecule has 0 radical (unpaired) electrons. The lowest BCUT2D eigenvalue weighted by Crippen LogP contribution is -2.47. The number of rotatable bonds is 8. The molecule has 0 spiro atoms. The summed E-state index contributed by atoms with van der Waals surface area (Å²) in [5.74, 6) is -0.481. The molecule has 4 heterocycles. The van der Waals surface area contributed by atoms with Crippen molar-refractivity contribution in [3.05, 3.63) is 90.8 Å². The lowest BCUT2D eigenvalue weighted by Gasteiger charge is -2.31. The molecule has 0 amide bonds. The van der Waals surface area contributed by atoms with Crippen molar-refractivity contribution in [2.24, 2.45) is 14.1 Å². The number of nitrogens with zero attached hydrogens (tertiary/aromatic N) is 5. The monoisotopic (exact) mass is 719 g/mol. The minimum atomic E-state index is -3.04. The Morgan fingerprint density at radius 3 is 2.53 bits per heavy atom. The fourth-order valence-electron chi connectivity index (χ4n) is 7.03. The summed E-state index contributed by atoms with van der Waals surface area (Å²) >= 11 is 7.15. The van der Waals surface area contributed by atoms with E-state index in [-0.39, 0.29) is 28.9 Å². The second-order valence-electron chi connectivity index (χ2n) is 12.8. The first kappa shape index (κ1) is 34.7. The Morgan fingerprint density at radius 1 is 1.04 bits per heavy atom. The molecular weight excluding hydrogens is 684 g/mol. The number of hydrogen-bond donors (Lipinski definition) is 3. The van der Waals surface area contributed by atoms with Crippen LogP contribution < -0.4 is 26.6 Å². The highest BCUT2D eigenvalue weighted by Crippen LogP contribution is 2.43. The number of aliphatic hydroxyl groups excluding tert-OH is 1. The molecule has 266 valence electrons. The van der Waals surface area contributed by atoms with Crippen molar-refractivity contribution < 1.29 is 23.4 Å². The maximum atomic E-state index is 13.9. The molecule has 2 aromatic carbocycles. The van der Waals surface area contributed by atoms with E-state index in [1.54, 1.807) is 19.2 Å². The van der Waals surface area contributed by atoms with Crippen LogP contribution in [0.1, 0.15) is 47.8 Å². The highest BCUT2D eigenvalue weighted by molar-refractivity contribution is 6.36. The number of ether oxygens (including phenoxy) is 2. The maximum absolute atomic E-state index is 13.9. The van der Waals surface area contributed by atoms with Gasteiger partial charge in [-0.1, -0.05) is 41.9 Å². The number of aromatic nitrogens is 5. The number of benzene rings is 2. The van der Waals surface area contributed by atoms with E-state index in [1.807, 2.05) is 37.3 Å². The van der Waals surface area contributed by atoms with E-state index in [9.17, 15) is 23.5 Å². The van der Waals surface area contributed by atoms with E-state index in [2.05, 4.69) is 20.6 Å². The predicted octanol–water partition coefficient (Wildman–Crippen LogP) is 5.13. The van der Waals surface area contributed by atoms with Gasteiger partial charge >= 0.3 is 5.69 Å². The van der Waals surface area contributed by atoms with Gasteiger partial charge < -0.3 is 25.2 Å². The number of fused-ring (bicyclic) bond motifs is 2. The second kappa shape index (κ2) is 13.8. The lowest BCUT2D eigenvalue weighted by atomic mass is 9.96. The highest BCUT2D eigenvalue weighted by Gasteiger charge is 2.33. The fraction of sp³-hybridized carbons (Fsp3) is 0.361. The lowest BCUT2D eigenvalue weighted by molar-refractivity contribution is -0.0304. The molecule has 1 aliphatic heterocycles. The summed E-state index contributed by atoms with van der Waals surface area (Å²) in [4.78, 5) is 38.5. The Bertz CT molecular complexity index is 2300. The van der Waals surface area contributed by atoms with E-state index < -0.39 is 29.6 Å². The number of alkyl halides is 2. The van der Waals surface area contributed by atoms with Gasteiger partial charge in [-0.05, 0) is 55.0 Å². The van der Waals surface area contributed by atoms with Crippen LogP contribution in [0.25, 0.3) is 33.4 Å². The van der Waals surface area contributed by atoms with Gasteiger partial charge in [0.2, 0.25) is 5.88 Å². The molecule has 1 saturated heterocycles. The van der Waals surface area contributed by atoms with E-state index in [0.717, 1.165) is 38.7 Å². The van der Waals surface area contributed by atoms with Gasteiger partial charge in [0.25, 0.3) is 12.0 Å². The van der Waals surface area contributed by atoms with Crippen LogP contribution in [0.4, 0.5) is 20.3 Å². The van der Waals surface area contributed by atoms with Gasteiger partial charge in [-0.2, -0.15) is 0 Å². The van der Waals surface area contributed by atoms with Crippen LogP contribution >= 0.6 is 11.6 Å². The first-order valence-electron chi connectivity index (χ1n) is 16.5. The summed E-state index contributed by atoms with van der Waals surface area (Å²) in [5, 5.41) is 17.5. The average molecular weight is 720 g/mol. The van der Waals surface area contributed by atoms with Crippen LogP contribution in [0.2, 0.25) is 5.02 Å². The fourth-order valence-corrected chi connectivity index (χ4v) is 7.36. The summed E-state index contributed by atoms with van der Waals surface area (Å²) in [6.07, 6.45) is -1.29. The molecule has 3 aromatic heterocycles. The van der Waals surface area contributed by atoms with Crippen LogP contribution in [0, 0.1) is 6.92 Å². The van der Waals surface area contributed by atoms with Gasteiger partial charge in [0.1, 0.15) is 11.2 Å². The number of halogens is 3. The third-order valence-electron chi connectivity index (χ3n) is 9.76. The summed E-state index contributed by atoms with van der Waals surface area (Å²) in [5.41, 5.74) is 4.39. The average Bonchev–Trinajstić information content (AvgIpc) is 3.53. The van der Waals surface area contributed by atoms with Gasteiger partial charge in [0.15, 0.2) is 11.5 Å². The zero-order valence-corrected chi connectivity index (χ0v) is 29.1. The third kappa shape index (κ3) is 6.15. The van der Waals surface area contributed by atoms with Crippen molar-refractivity contribution in [1.82, 2.24) is 29.4 Å². The van der Waals surface area contributed by atoms with Gasteiger partial charge in [0, 0.05) is 55.2 Å². The van der Waals surface area contributed by atoms with E-state index in [1.165, 1.54) is 14.1 Å². The van der Waals surface area contributed by atoms with Crippen LogP contribution in [0.15, 0.2) is 52.1 Å². The van der Waals surface area contributed by atoms with Crippen molar-refractivity contribution in [1.29, 1.82) is 0 Å². The van der Waals surface area contributed by atoms with E-state index in [0.29, 0.717) is 58.6 Å². The third-order valence-corrected chi connectivity index (χ3v) is 10.2. The molecule has 12 nitrogen and oxygen atoms in total. The number of aryl methyl sites for hydroxylation is 2.